The zero-order valence-electron chi connectivity index (χ0n) is 15.6. The molecule has 0 bridgehead atoms. The van der Waals surface area contributed by atoms with Crippen LogP contribution in [0.25, 0.3) is 5.82 Å². The van der Waals surface area contributed by atoms with Crippen molar-refractivity contribution >= 4 is 11.6 Å². The molecule has 1 aliphatic heterocycles. The third-order valence-electron chi connectivity index (χ3n) is 4.48. The highest BCUT2D eigenvalue weighted by Crippen LogP contribution is 2.26. The maximum absolute atomic E-state index is 12.6. The number of hydrogen-bond acceptors (Lipinski definition) is 6. The molecule has 156 valence electrons. The summed E-state index contributed by atoms with van der Waals surface area (Å²) in [7, 11) is 0. The van der Waals surface area contributed by atoms with Crippen LogP contribution in [0.15, 0.2) is 49.1 Å². The maximum atomic E-state index is 12.6. The normalized spacial score (nSPS) is 17.0. The molecule has 1 aromatic carbocycles. The van der Waals surface area contributed by atoms with Gasteiger partial charge in [0.15, 0.2) is 11.5 Å². The van der Waals surface area contributed by atoms with Crippen LogP contribution in [0.4, 0.5) is 18.9 Å². The summed E-state index contributed by atoms with van der Waals surface area (Å²) in [6.07, 6.45) is -0.378. The Bertz CT molecular complexity index is 1010. The van der Waals surface area contributed by atoms with Crippen LogP contribution in [-0.2, 0) is 10.9 Å². The van der Waals surface area contributed by atoms with E-state index in [0.29, 0.717) is 18.5 Å². The van der Waals surface area contributed by atoms with Gasteiger partial charge in [-0.1, -0.05) is 12.1 Å². The number of morpholine rings is 1. The summed E-state index contributed by atoms with van der Waals surface area (Å²) in [6.45, 7) is 2.21. The van der Waals surface area contributed by atoms with E-state index < -0.39 is 17.8 Å². The number of anilines is 1. The largest absolute Gasteiger partial charge is 0.434 e. The van der Waals surface area contributed by atoms with Gasteiger partial charge in [0, 0.05) is 25.0 Å². The van der Waals surface area contributed by atoms with Crippen LogP contribution >= 0.6 is 0 Å². The Morgan fingerprint density at radius 1 is 1.17 bits per heavy atom. The van der Waals surface area contributed by atoms with Gasteiger partial charge in [0.25, 0.3) is 5.91 Å². The highest BCUT2D eigenvalue weighted by molar-refractivity contribution is 6.03. The third-order valence-corrected chi connectivity index (χ3v) is 4.48. The highest BCUT2D eigenvalue weighted by atomic mass is 19.4. The molecular weight excluding hydrogens is 401 g/mol. The molecule has 1 fully saturated rings. The van der Waals surface area contributed by atoms with Gasteiger partial charge >= 0.3 is 6.18 Å². The number of halogens is 3. The average Bonchev–Trinajstić information content (AvgIpc) is 3.25. The lowest BCUT2D eigenvalue weighted by Crippen LogP contribution is -2.33. The lowest BCUT2D eigenvalue weighted by Gasteiger charge is -2.24. The number of carbonyl (C=O) groups is 1. The van der Waals surface area contributed by atoms with Gasteiger partial charge in [-0.3, -0.25) is 4.79 Å². The molecule has 2 N–H and O–H groups in total. The first kappa shape index (κ1) is 20.0. The van der Waals surface area contributed by atoms with Crippen molar-refractivity contribution in [3.8, 4) is 5.82 Å². The summed E-state index contributed by atoms with van der Waals surface area (Å²) in [5, 5.41) is 9.97. The van der Waals surface area contributed by atoms with Crippen LogP contribution in [0.5, 0.6) is 0 Å². The topological polar surface area (TPSA) is 94.0 Å². The van der Waals surface area contributed by atoms with Crippen LogP contribution < -0.4 is 10.6 Å². The Balaban J connectivity index is 1.41. The van der Waals surface area contributed by atoms with Crippen LogP contribution in [0.2, 0.25) is 0 Å². The Hall–Kier alpha value is -3.31. The van der Waals surface area contributed by atoms with Crippen molar-refractivity contribution in [2.45, 2.75) is 12.3 Å². The molecule has 30 heavy (non-hydrogen) atoms. The van der Waals surface area contributed by atoms with Gasteiger partial charge < -0.3 is 15.4 Å². The minimum absolute atomic E-state index is 0.0217. The smallest absolute Gasteiger partial charge is 0.371 e. The van der Waals surface area contributed by atoms with Crippen LogP contribution in [0.1, 0.15) is 27.7 Å². The molecule has 4 rings (SSSR count). The number of rotatable bonds is 4. The second-order valence-corrected chi connectivity index (χ2v) is 6.57. The van der Waals surface area contributed by atoms with Crippen molar-refractivity contribution < 1.29 is 22.7 Å². The van der Waals surface area contributed by atoms with Crippen LogP contribution in [-0.4, -0.2) is 45.4 Å². The van der Waals surface area contributed by atoms with Crippen molar-refractivity contribution in [2.24, 2.45) is 0 Å². The van der Waals surface area contributed by atoms with Crippen molar-refractivity contribution in [1.29, 1.82) is 0 Å². The first-order valence-electron chi connectivity index (χ1n) is 9.08. The van der Waals surface area contributed by atoms with Crippen molar-refractivity contribution in [3.63, 3.8) is 0 Å². The maximum Gasteiger partial charge on any atom is 0.434 e. The summed E-state index contributed by atoms with van der Waals surface area (Å²) < 4.78 is 44.6. The Morgan fingerprint density at radius 2 is 1.97 bits per heavy atom. The van der Waals surface area contributed by atoms with Gasteiger partial charge in [0.2, 0.25) is 0 Å². The molecule has 1 saturated heterocycles. The van der Waals surface area contributed by atoms with E-state index in [1.807, 2.05) is 12.1 Å². The molecule has 0 spiro atoms. The minimum Gasteiger partial charge on any atom is -0.371 e. The fraction of sp³-hybridized carbons (Fsp3) is 0.263. The third kappa shape index (κ3) is 4.47. The Kier molecular flexibility index (Phi) is 5.46. The van der Waals surface area contributed by atoms with Crippen LogP contribution in [0.3, 0.4) is 0 Å². The number of carbonyl (C=O) groups excluding carboxylic acids is 1. The zero-order valence-corrected chi connectivity index (χ0v) is 15.6. The number of ether oxygens (including phenoxy) is 1. The van der Waals surface area contributed by atoms with E-state index in [-0.39, 0.29) is 17.5 Å². The van der Waals surface area contributed by atoms with Gasteiger partial charge in [0.05, 0.1) is 36.9 Å². The molecule has 1 aliphatic rings. The fourth-order valence-corrected chi connectivity index (χ4v) is 2.92. The quantitative estimate of drug-likeness (QED) is 0.677. The standard InChI is InChI=1S/C19H17F3N6O2/c20-19(21,22)16-9-25-17(10-24-16)28-11-13(7-26-28)18(29)27-14-3-1-12(2-4-14)15-8-23-5-6-30-15/h1-4,7,9-11,15,23H,5-6,8H2,(H,27,29)/t15-/m1/s1. The van der Waals surface area contributed by atoms with E-state index in [2.05, 4.69) is 25.7 Å². The molecule has 11 heteroatoms. The number of hydrogen-bond donors (Lipinski definition) is 2. The summed E-state index contributed by atoms with van der Waals surface area (Å²) in [5.41, 5.74) is 0.721. The fourth-order valence-electron chi connectivity index (χ4n) is 2.92. The number of alkyl halides is 3. The van der Waals surface area contributed by atoms with E-state index in [1.54, 1.807) is 12.1 Å². The molecule has 2 aromatic heterocycles. The van der Waals surface area contributed by atoms with E-state index in [9.17, 15) is 18.0 Å². The molecule has 8 nitrogen and oxygen atoms in total. The van der Waals surface area contributed by atoms with E-state index in [4.69, 9.17) is 4.74 Å². The van der Waals surface area contributed by atoms with Gasteiger partial charge in [0.1, 0.15) is 0 Å². The number of benzene rings is 1. The predicted molar refractivity (Wildman–Crippen MR) is 100 cm³/mol. The first-order chi connectivity index (χ1) is 14.4. The molecule has 0 unspecified atom stereocenters. The molecule has 0 radical (unpaired) electrons. The second-order valence-electron chi connectivity index (χ2n) is 6.57. The Labute approximate surface area is 169 Å². The SMILES string of the molecule is O=C(Nc1ccc([C@H]2CNCCO2)cc1)c1cnn(-c2cnc(C(F)(F)F)cn2)c1. The van der Waals surface area contributed by atoms with Crippen LogP contribution in [0, 0.1) is 0 Å². The number of amides is 1. The van der Waals surface area contributed by atoms with E-state index >= 15 is 0 Å². The predicted octanol–water partition coefficient (Wildman–Crippen LogP) is 2.59. The monoisotopic (exact) mass is 418 g/mol. The molecule has 0 aliphatic carbocycles. The molecule has 1 atom stereocenters. The molecule has 3 heterocycles. The lowest BCUT2D eigenvalue weighted by atomic mass is 10.1. The first-order valence-corrected chi connectivity index (χ1v) is 9.08. The number of nitrogens with zero attached hydrogens (tertiary/aromatic N) is 4. The van der Waals surface area contributed by atoms with Gasteiger partial charge in [-0.05, 0) is 17.7 Å². The van der Waals surface area contributed by atoms with Gasteiger partial charge in [-0.15, -0.1) is 0 Å². The van der Waals surface area contributed by atoms with Crippen molar-refractivity contribution in [2.75, 3.05) is 25.0 Å². The minimum atomic E-state index is -4.57. The summed E-state index contributed by atoms with van der Waals surface area (Å²) in [6, 6.07) is 7.32. The second kappa shape index (κ2) is 8.20. The van der Waals surface area contributed by atoms with Crippen molar-refractivity contribution in [3.05, 3.63) is 65.9 Å². The molecule has 0 saturated carbocycles. The summed E-state index contributed by atoms with van der Waals surface area (Å²) in [4.78, 5) is 19.5. The van der Waals surface area contributed by atoms with Crippen molar-refractivity contribution in [1.82, 2.24) is 25.1 Å². The number of aromatic nitrogens is 4. The lowest BCUT2D eigenvalue weighted by molar-refractivity contribution is -0.141. The average molecular weight is 418 g/mol. The number of nitrogens with one attached hydrogen (secondary N) is 2. The summed E-state index contributed by atoms with van der Waals surface area (Å²) in [5.74, 6) is -0.350. The highest BCUT2D eigenvalue weighted by Gasteiger charge is 2.32. The van der Waals surface area contributed by atoms with E-state index in [1.165, 1.54) is 17.1 Å². The Morgan fingerprint density at radius 3 is 2.60 bits per heavy atom. The van der Waals surface area contributed by atoms with Gasteiger partial charge in [-0.25, -0.2) is 14.6 Å². The molecule has 1 amide bonds. The zero-order chi connectivity index (χ0) is 21.1. The van der Waals surface area contributed by atoms with Gasteiger partial charge in [-0.2, -0.15) is 18.3 Å². The molecular formula is C19H17F3N6O2. The summed E-state index contributed by atoms with van der Waals surface area (Å²) >= 11 is 0. The molecule has 3 aromatic rings. The van der Waals surface area contributed by atoms with E-state index in [0.717, 1.165) is 24.8 Å².